The van der Waals surface area contributed by atoms with Gasteiger partial charge in [0.25, 0.3) is 0 Å². The van der Waals surface area contributed by atoms with Gasteiger partial charge >= 0.3 is 0 Å². The standard InChI is InChI=1S/C19H22N4O/c1-24-16-4-2-14(3-5-16)13-23-10-6-15(7-11-23)17-12-18-19(22-17)21-9-8-20-18/h2-5,8-9,12,15H,6-7,10-11,13H2,1H3,(H,21,22). The molecule has 1 aliphatic rings. The number of rotatable bonds is 4. The summed E-state index contributed by atoms with van der Waals surface area (Å²) < 4.78 is 5.22. The Hall–Kier alpha value is -2.40. The van der Waals surface area contributed by atoms with Crippen molar-refractivity contribution in [2.45, 2.75) is 25.3 Å². The molecular weight excluding hydrogens is 300 g/mol. The van der Waals surface area contributed by atoms with E-state index in [1.165, 1.54) is 24.1 Å². The maximum absolute atomic E-state index is 5.22. The topological polar surface area (TPSA) is 54.0 Å². The third kappa shape index (κ3) is 3.12. The van der Waals surface area contributed by atoms with Crippen LogP contribution in [0.5, 0.6) is 5.75 Å². The Morgan fingerprint density at radius 3 is 2.58 bits per heavy atom. The van der Waals surface area contributed by atoms with Crippen LogP contribution in [0.15, 0.2) is 42.7 Å². The quantitative estimate of drug-likeness (QED) is 0.800. The van der Waals surface area contributed by atoms with E-state index in [0.29, 0.717) is 5.92 Å². The fourth-order valence-corrected chi connectivity index (χ4v) is 3.48. The lowest BCUT2D eigenvalue weighted by molar-refractivity contribution is 0.203. The predicted molar refractivity (Wildman–Crippen MR) is 94.1 cm³/mol. The van der Waals surface area contributed by atoms with E-state index < -0.39 is 0 Å². The number of likely N-dealkylation sites (tertiary alicyclic amines) is 1. The molecule has 0 unspecified atom stereocenters. The minimum absolute atomic E-state index is 0.577. The molecule has 124 valence electrons. The van der Waals surface area contributed by atoms with Crippen molar-refractivity contribution in [1.82, 2.24) is 19.9 Å². The molecule has 5 heteroatoms. The Kier molecular flexibility index (Phi) is 4.17. The largest absolute Gasteiger partial charge is 0.497 e. The van der Waals surface area contributed by atoms with Gasteiger partial charge in [0.15, 0.2) is 5.65 Å². The van der Waals surface area contributed by atoms with Crippen LogP contribution >= 0.6 is 0 Å². The van der Waals surface area contributed by atoms with Crippen molar-refractivity contribution in [3.05, 3.63) is 54.0 Å². The van der Waals surface area contributed by atoms with Gasteiger partial charge in [-0.2, -0.15) is 0 Å². The highest BCUT2D eigenvalue weighted by Crippen LogP contribution is 2.29. The summed E-state index contributed by atoms with van der Waals surface area (Å²) in [6, 6.07) is 10.5. The van der Waals surface area contributed by atoms with E-state index in [-0.39, 0.29) is 0 Å². The highest BCUT2D eigenvalue weighted by molar-refractivity contribution is 5.71. The summed E-state index contributed by atoms with van der Waals surface area (Å²) in [5.74, 6) is 1.49. The van der Waals surface area contributed by atoms with Crippen LogP contribution in [-0.4, -0.2) is 40.1 Å². The first kappa shape index (κ1) is 15.1. The number of ether oxygens (including phenoxy) is 1. The molecule has 1 saturated heterocycles. The summed E-state index contributed by atoms with van der Waals surface area (Å²) in [5.41, 5.74) is 4.48. The molecule has 0 amide bonds. The third-order valence-corrected chi connectivity index (χ3v) is 4.87. The van der Waals surface area contributed by atoms with Gasteiger partial charge in [-0.15, -0.1) is 0 Å². The minimum atomic E-state index is 0.577. The lowest BCUT2D eigenvalue weighted by Gasteiger charge is -2.31. The number of aromatic nitrogens is 3. The Balaban J connectivity index is 1.37. The summed E-state index contributed by atoms with van der Waals surface area (Å²) in [6.07, 6.45) is 5.82. The van der Waals surface area contributed by atoms with Gasteiger partial charge in [-0.1, -0.05) is 12.1 Å². The number of methoxy groups -OCH3 is 1. The summed E-state index contributed by atoms with van der Waals surface area (Å²) in [7, 11) is 1.70. The minimum Gasteiger partial charge on any atom is -0.497 e. The van der Waals surface area contributed by atoms with Crippen LogP contribution in [0.25, 0.3) is 11.2 Å². The Morgan fingerprint density at radius 1 is 1.12 bits per heavy atom. The van der Waals surface area contributed by atoms with Crippen LogP contribution in [0.4, 0.5) is 0 Å². The van der Waals surface area contributed by atoms with Gasteiger partial charge in [0.05, 0.1) is 7.11 Å². The Morgan fingerprint density at radius 2 is 1.88 bits per heavy atom. The van der Waals surface area contributed by atoms with E-state index in [0.717, 1.165) is 36.5 Å². The van der Waals surface area contributed by atoms with Crippen molar-refractivity contribution in [3.8, 4) is 5.75 Å². The van der Waals surface area contributed by atoms with Gasteiger partial charge in [-0.05, 0) is 49.7 Å². The first-order chi connectivity index (χ1) is 11.8. The average Bonchev–Trinajstić information content (AvgIpc) is 3.07. The van der Waals surface area contributed by atoms with Gasteiger partial charge in [0.2, 0.25) is 0 Å². The fraction of sp³-hybridized carbons (Fsp3) is 0.368. The third-order valence-electron chi connectivity index (χ3n) is 4.87. The van der Waals surface area contributed by atoms with Gasteiger partial charge in [-0.25, -0.2) is 4.98 Å². The van der Waals surface area contributed by atoms with Gasteiger partial charge in [-0.3, -0.25) is 9.88 Å². The monoisotopic (exact) mass is 322 g/mol. The zero-order chi connectivity index (χ0) is 16.4. The maximum atomic E-state index is 5.22. The molecule has 1 N–H and O–H groups in total. The Bertz CT molecular complexity index is 771. The van der Waals surface area contributed by atoms with E-state index in [4.69, 9.17) is 4.74 Å². The van der Waals surface area contributed by atoms with E-state index in [1.807, 2.05) is 12.1 Å². The summed E-state index contributed by atoms with van der Waals surface area (Å²) >= 11 is 0. The lowest BCUT2D eigenvalue weighted by atomic mass is 9.93. The van der Waals surface area contributed by atoms with Crippen molar-refractivity contribution in [1.29, 1.82) is 0 Å². The number of fused-ring (bicyclic) bond motifs is 1. The van der Waals surface area contributed by atoms with Crippen molar-refractivity contribution >= 4 is 11.2 Å². The van der Waals surface area contributed by atoms with Crippen molar-refractivity contribution in [2.24, 2.45) is 0 Å². The highest BCUT2D eigenvalue weighted by atomic mass is 16.5. The number of hydrogen-bond donors (Lipinski definition) is 1. The Labute approximate surface area is 141 Å². The van der Waals surface area contributed by atoms with Crippen molar-refractivity contribution < 1.29 is 4.74 Å². The molecule has 3 aromatic rings. The number of H-pyrrole nitrogens is 1. The molecular formula is C19H22N4O. The number of aromatic amines is 1. The lowest BCUT2D eigenvalue weighted by Crippen LogP contribution is -2.32. The number of hydrogen-bond acceptors (Lipinski definition) is 4. The van der Waals surface area contributed by atoms with E-state index in [9.17, 15) is 0 Å². The predicted octanol–water partition coefficient (Wildman–Crippen LogP) is 3.35. The first-order valence-corrected chi connectivity index (χ1v) is 8.47. The molecule has 0 radical (unpaired) electrons. The second-order valence-electron chi connectivity index (χ2n) is 6.41. The molecule has 24 heavy (non-hydrogen) atoms. The van der Waals surface area contributed by atoms with E-state index >= 15 is 0 Å². The van der Waals surface area contributed by atoms with Crippen LogP contribution in [0.2, 0.25) is 0 Å². The maximum Gasteiger partial charge on any atom is 0.156 e. The van der Waals surface area contributed by atoms with Crippen molar-refractivity contribution in [3.63, 3.8) is 0 Å². The van der Waals surface area contributed by atoms with Crippen LogP contribution < -0.4 is 4.74 Å². The molecule has 1 aromatic carbocycles. The molecule has 1 aliphatic heterocycles. The second-order valence-corrected chi connectivity index (χ2v) is 6.41. The molecule has 2 aromatic heterocycles. The molecule has 0 bridgehead atoms. The van der Waals surface area contributed by atoms with Crippen LogP contribution in [0, 0.1) is 0 Å². The molecule has 0 atom stereocenters. The molecule has 5 nitrogen and oxygen atoms in total. The zero-order valence-corrected chi connectivity index (χ0v) is 13.9. The van der Waals surface area contributed by atoms with Gasteiger partial charge < -0.3 is 9.72 Å². The van der Waals surface area contributed by atoms with Gasteiger partial charge in [0, 0.05) is 30.6 Å². The summed E-state index contributed by atoms with van der Waals surface area (Å²) in [6.45, 7) is 3.24. The van der Waals surface area contributed by atoms with Crippen LogP contribution in [0.1, 0.15) is 30.0 Å². The van der Waals surface area contributed by atoms with E-state index in [2.05, 4.69) is 38.1 Å². The zero-order valence-electron chi connectivity index (χ0n) is 13.9. The average molecular weight is 322 g/mol. The molecule has 0 aliphatic carbocycles. The SMILES string of the molecule is COc1ccc(CN2CCC(c3cc4nccnc4[nH]3)CC2)cc1. The summed E-state index contributed by atoms with van der Waals surface area (Å²) in [4.78, 5) is 14.7. The molecule has 4 rings (SSSR count). The number of nitrogens with one attached hydrogen (secondary N) is 1. The second kappa shape index (κ2) is 6.61. The number of benzene rings is 1. The smallest absolute Gasteiger partial charge is 0.156 e. The molecule has 0 saturated carbocycles. The molecule has 1 fully saturated rings. The van der Waals surface area contributed by atoms with Gasteiger partial charge in [0.1, 0.15) is 11.3 Å². The van der Waals surface area contributed by atoms with Crippen molar-refractivity contribution in [2.75, 3.05) is 20.2 Å². The molecule has 0 spiro atoms. The normalized spacial score (nSPS) is 16.5. The first-order valence-electron chi connectivity index (χ1n) is 8.47. The van der Waals surface area contributed by atoms with Crippen LogP contribution in [-0.2, 0) is 6.54 Å². The van der Waals surface area contributed by atoms with Crippen LogP contribution in [0.3, 0.4) is 0 Å². The highest BCUT2D eigenvalue weighted by Gasteiger charge is 2.22. The summed E-state index contributed by atoms with van der Waals surface area (Å²) in [5, 5.41) is 0. The van der Waals surface area contributed by atoms with E-state index in [1.54, 1.807) is 19.5 Å². The molecule has 3 heterocycles. The number of piperidine rings is 1. The fourth-order valence-electron chi connectivity index (χ4n) is 3.48. The number of nitrogens with zero attached hydrogens (tertiary/aromatic N) is 3.